The summed E-state index contributed by atoms with van der Waals surface area (Å²) in [6, 6.07) is 4.88. The molecule has 0 saturated heterocycles. The zero-order valence-electron chi connectivity index (χ0n) is 11.8. The molecule has 2 aromatic rings. The molecular formula is C15H13F2NO5. The first-order valence-electron chi connectivity index (χ1n) is 6.58. The Morgan fingerprint density at radius 3 is 2.70 bits per heavy atom. The van der Waals surface area contributed by atoms with Gasteiger partial charge in [-0.3, -0.25) is 9.59 Å². The minimum Gasteiger partial charge on any atom is -0.481 e. The van der Waals surface area contributed by atoms with Crippen molar-refractivity contribution in [3.05, 3.63) is 54.0 Å². The predicted molar refractivity (Wildman–Crippen MR) is 73.7 cm³/mol. The Labute approximate surface area is 129 Å². The molecule has 1 atom stereocenters. The minimum absolute atomic E-state index is 0.272. The summed E-state index contributed by atoms with van der Waals surface area (Å²) in [5, 5.41) is 11.3. The lowest BCUT2D eigenvalue weighted by Crippen LogP contribution is -2.33. The van der Waals surface area contributed by atoms with Gasteiger partial charge in [0.25, 0.3) is 5.91 Å². The summed E-state index contributed by atoms with van der Waals surface area (Å²) in [5.74, 6) is -3.51. The van der Waals surface area contributed by atoms with Crippen molar-refractivity contribution in [1.29, 1.82) is 0 Å². The van der Waals surface area contributed by atoms with Crippen LogP contribution in [0.2, 0.25) is 0 Å². The van der Waals surface area contributed by atoms with Gasteiger partial charge in [0.15, 0.2) is 18.2 Å². The number of rotatable bonds is 7. The van der Waals surface area contributed by atoms with E-state index in [9.17, 15) is 18.4 Å². The topological polar surface area (TPSA) is 88.8 Å². The van der Waals surface area contributed by atoms with Crippen LogP contribution in [0.1, 0.15) is 18.2 Å². The van der Waals surface area contributed by atoms with E-state index in [0.29, 0.717) is 6.07 Å². The number of hydrogen-bond donors (Lipinski definition) is 2. The SMILES string of the molecule is O=C(O)C[C@@H](NC(=O)COc1ccc(F)cc1F)c1ccco1. The first kappa shape index (κ1) is 16.5. The summed E-state index contributed by atoms with van der Waals surface area (Å²) in [7, 11) is 0. The van der Waals surface area contributed by atoms with Gasteiger partial charge in [-0.15, -0.1) is 0 Å². The maximum atomic E-state index is 13.4. The van der Waals surface area contributed by atoms with E-state index >= 15 is 0 Å². The Hall–Kier alpha value is -2.90. The van der Waals surface area contributed by atoms with Crippen molar-refractivity contribution in [2.75, 3.05) is 6.61 Å². The van der Waals surface area contributed by atoms with Crippen LogP contribution < -0.4 is 10.1 Å². The fourth-order valence-corrected chi connectivity index (χ4v) is 1.86. The van der Waals surface area contributed by atoms with Crippen LogP contribution in [-0.2, 0) is 9.59 Å². The average Bonchev–Trinajstić information content (AvgIpc) is 2.99. The summed E-state index contributed by atoms with van der Waals surface area (Å²) in [6.45, 7) is -0.556. The number of nitrogens with one attached hydrogen (secondary N) is 1. The number of aliphatic carboxylic acids is 1. The fraction of sp³-hybridized carbons (Fsp3) is 0.200. The molecule has 23 heavy (non-hydrogen) atoms. The zero-order valence-corrected chi connectivity index (χ0v) is 11.8. The lowest BCUT2D eigenvalue weighted by atomic mass is 10.1. The number of hydrogen-bond acceptors (Lipinski definition) is 4. The molecule has 1 aromatic heterocycles. The Morgan fingerprint density at radius 1 is 1.30 bits per heavy atom. The Balaban J connectivity index is 1.95. The Kier molecular flexibility index (Phi) is 5.29. The molecule has 1 amide bonds. The Morgan fingerprint density at radius 2 is 2.09 bits per heavy atom. The molecule has 0 saturated carbocycles. The van der Waals surface area contributed by atoms with Crippen LogP contribution in [0.15, 0.2) is 41.0 Å². The standard InChI is InChI=1S/C15H13F2NO5/c16-9-3-4-12(10(17)6-9)23-8-14(19)18-11(7-15(20)21)13-2-1-5-22-13/h1-6,11H,7-8H2,(H,18,19)(H,20,21)/t11-/m1/s1. The summed E-state index contributed by atoms with van der Waals surface area (Å²) in [5.41, 5.74) is 0. The molecule has 0 aliphatic carbocycles. The molecule has 0 bridgehead atoms. The van der Waals surface area contributed by atoms with Crippen molar-refractivity contribution in [3.8, 4) is 5.75 Å². The van der Waals surface area contributed by atoms with E-state index in [-0.39, 0.29) is 17.9 Å². The fourth-order valence-electron chi connectivity index (χ4n) is 1.86. The van der Waals surface area contributed by atoms with Gasteiger partial charge in [0.1, 0.15) is 11.6 Å². The smallest absolute Gasteiger partial charge is 0.305 e. The Bertz CT molecular complexity index is 687. The van der Waals surface area contributed by atoms with Crippen molar-refractivity contribution in [2.24, 2.45) is 0 Å². The highest BCUT2D eigenvalue weighted by molar-refractivity contribution is 5.79. The molecule has 0 aliphatic heterocycles. The van der Waals surface area contributed by atoms with Gasteiger partial charge in [0, 0.05) is 6.07 Å². The van der Waals surface area contributed by atoms with E-state index in [1.54, 1.807) is 6.07 Å². The summed E-state index contributed by atoms with van der Waals surface area (Å²) in [6.07, 6.45) is 0.963. The second kappa shape index (κ2) is 7.39. The van der Waals surface area contributed by atoms with Crippen molar-refractivity contribution < 1.29 is 32.6 Å². The predicted octanol–water partition coefficient (Wildman–Crippen LogP) is 2.27. The molecule has 2 rings (SSSR count). The first-order valence-corrected chi connectivity index (χ1v) is 6.58. The van der Waals surface area contributed by atoms with E-state index in [2.05, 4.69) is 5.32 Å². The van der Waals surface area contributed by atoms with Crippen LogP contribution in [0, 0.1) is 11.6 Å². The quantitative estimate of drug-likeness (QED) is 0.815. The molecule has 8 heteroatoms. The number of benzene rings is 1. The van der Waals surface area contributed by atoms with Gasteiger partial charge in [-0.25, -0.2) is 8.78 Å². The number of amides is 1. The van der Waals surface area contributed by atoms with Gasteiger partial charge < -0.3 is 19.6 Å². The number of carbonyl (C=O) groups excluding carboxylic acids is 1. The maximum absolute atomic E-state index is 13.4. The molecule has 2 N–H and O–H groups in total. The summed E-state index contributed by atoms with van der Waals surface area (Å²) in [4.78, 5) is 22.6. The van der Waals surface area contributed by atoms with Crippen molar-refractivity contribution in [2.45, 2.75) is 12.5 Å². The highest BCUT2D eigenvalue weighted by Gasteiger charge is 2.21. The number of carboxylic acid groups (broad SMARTS) is 1. The monoisotopic (exact) mass is 325 g/mol. The third-order valence-corrected chi connectivity index (χ3v) is 2.85. The maximum Gasteiger partial charge on any atom is 0.305 e. The molecule has 0 radical (unpaired) electrons. The third kappa shape index (κ3) is 4.80. The van der Waals surface area contributed by atoms with E-state index in [1.807, 2.05) is 0 Å². The van der Waals surface area contributed by atoms with Gasteiger partial charge in [0.05, 0.1) is 18.7 Å². The third-order valence-electron chi connectivity index (χ3n) is 2.85. The van der Waals surface area contributed by atoms with Gasteiger partial charge >= 0.3 is 5.97 Å². The lowest BCUT2D eigenvalue weighted by Gasteiger charge is -2.15. The largest absolute Gasteiger partial charge is 0.481 e. The number of carbonyl (C=O) groups is 2. The second-order valence-electron chi connectivity index (χ2n) is 4.60. The van der Waals surface area contributed by atoms with Gasteiger partial charge in [-0.1, -0.05) is 0 Å². The molecule has 1 aromatic carbocycles. The number of ether oxygens (including phenoxy) is 1. The average molecular weight is 325 g/mol. The molecule has 1 heterocycles. The number of halogens is 2. The van der Waals surface area contributed by atoms with E-state index in [0.717, 1.165) is 12.1 Å². The van der Waals surface area contributed by atoms with Crippen LogP contribution >= 0.6 is 0 Å². The molecule has 0 fully saturated rings. The van der Waals surface area contributed by atoms with Crippen molar-refractivity contribution >= 4 is 11.9 Å². The first-order chi connectivity index (χ1) is 11.0. The molecule has 0 unspecified atom stereocenters. The van der Waals surface area contributed by atoms with Crippen LogP contribution in [0.4, 0.5) is 8.78 Å². The lowest BCUT2D eigenvalue weighted by molar-refractivity contribution is -0.138. The zero-order chi connectivity index (χ0) is 16.8. The molecule has 6 nitrogen and oxygen atoms in total. The highest BCUT2D eigenvalue weighted by atomic mass is 19.1. The number of carboxylic acids is 1. The highest BCUT2D eigenvalue weighted by Crippen LogP contribution is 2.19. The van der Waals surface area contributed by atoms with Crippen molar-refractivity contribution in [1.82, 2.24) is 5.32 Å². The van der Waals surface area contributed by atoms with Gasteiger partial charge in [0.2, 0.25) is 0 Å². The van der Waals surface area contributed by atoms with E-state index < -0.39 is 36.2 Å². The van der Waals surface area contributed by atoms with Gasteiger partial charge in [-0.2, -0.15) is 0 Å². The molecular weight excluding hydrogens is 312 g/mol. The normalized spacial score (nSPS) is 11.7. The van der Waals surface area contributed by atoms with E-state index in [1.165, 1.54) is 12.3 Å². The molecule has 0 aliphatic rings. The van der Waals surface area contributed by atoms with Crippen LogP contribution in [0.5, 0.6) is 5.75 Å². The number of furan rings is 1. The van der Waals surface area contributed by atoms with Crippen LogP contribution in [0.3, 0.4) is 0 Å². The van der Waals surface area contributed by atoms with Gasteiger partial charge in [-0.05, 0) is 24.3 Å². The molecule has 122 valence electrons. The van der Waals surface area contributed by atoms with Crippen LogP contribution in [-0.4, -0.2) is 23.6 Å². The molecule has 0 spiro atoms. The van der Waals surface area contributed by atoms with Crippen LogP contribution in [0.25, 0.3) is 0 Å². The van der Waals surface area contributed by atoms with E-state index in [4.69, 9.17) is 14.3 Å². The minimum atomic E-state index is -1.13. The summed E-state index contributed by atoms with van der Waals surface area (Å²) < 4.78 is 36.1. The van der Waals surface area contributed by atoms with Crippen molar-refractivity contribution in [3.63, 3.8) is 0 Å². The second-order valence-corrected chi connectivity index (χ2v) is 4.60. The summed E-state index contributed by atoms with van der Waals surface area (Å²) >= 11 is 0.